The molecular weight excluding hydrogens is 226 g/mol. The molecule has 2 heterocycles. The Kier molecular flexibility index (Phi) is 6.41. The molecule has 2 aliphatic heterocycles. The molecule has 2 fully saturated rings. The lowest BCUT2D eigenvalue weighted by Crippen LogP contribution is -2.46. The maximum atomic E-state index is 5.38. The molecule has 106 valence electrons. The lowest BCUT2D eigenvalue weighted by atomic mass is 10.1. The van der Waals surface area contributed by atoms with Gasteiger partial charge in [0.15, 0.2) is 0 Å². The zero-order chi connectivity index (χ0) is 12.6. The standard InChI is InChI=1S/C14H29N3O/c1-2-15-14-5-3-6-17(13-14)8-4-7-16-9-11-18-12-10-16/h14-15H,2-13H2,1H3. The molecule has 1 N–H and O–H groups in total. The number of ether oxygens (including phenoxy) is 1. The van der Waals surface area contributed by atoms with Gasteiger partial charge in [0.1, 0.15) is 0 Å². The summed E-state index contributed by atoms with van der Waals surface area (Å²) >= 11 is 0. The first kappa shape index (κ1) is 14.3. The van der Waals surface area contributed by atoms with Crippen LogP contribution in [0.2, 0.25) is 0 Å². The van der Waals surface area contributed by atoms with Crippen LogP contribution in [0.4, 0.5) is 0 Å². The zero-order valence-electron chi connectivity index (χ0n) is 11.9. The molecule has 18 heavy (non-hydrogen) atoms. The van der Waals surface area contributed by atoms with Crippen LogP contribution < -0.4 is 5.32 Å². The van der Waals surface area contributed by atoms with E-state index < -0.39 is 0 Å². The van der Waals surface area contributed by atoms with Gasteiger partial charge in [0, 0.05) is 25.7 Å². The van der Waals surface area contributed by atoms with Crippen molar-refractivity contribution in [3.63, 3.8) is 0 Å². The van der Waals surface area contributed by atoms with Gasteiger partial charge in [-0.1, -0.05) is 6.92 Å². The molecule has 0 spiro atoms. The van der Waals surface area contributed by atoms with Crippen LogP contribution in [0, 0.1) is 0 Å². The summed E-state index contributed by atoms with van der Waals surface area (Å²) in [6.07, 6.45) is 4.02. The van der Waals surface area contributed by atoms with Gasteiger partial charge in [0.05, 0.1) is 13.2 Å². The van der Waals surface area contributed by atoms with Crippen molar-refractivity contribution in [2.45, 2.75) is 32.2 Å². The van der Waals surface area contributed by atoms with Crippen molar-refractivity contribution >= 4 is 0 Å². The minimum Gasteiger partial charge on any atom is -0.379 e. The van der Waals surface area contributed by atoms with Crippen LogP contribution >= 0.6 is 0 Å². The number of piperidine rings is 1. The maximum Gasteiger partial charge on any atom is 0.0594 e. The van der Waals surface area contributed by atoms with E-state index in [9.17, 15) is 0 Å². The molecule has 0 radical (unpaired) electrons. The van der Waals surface area contributed by atoms with E-state index in [1.165, 1.54) is 45.4 Å². The summed E-state index contributed by atoms with van der Waals surface area (Å²) in [5, 5.41) is 3.59. The summed E-state index contributed by atoms with van der Waals surface area (Å²) in [5.41, 5.74) is 0. The van der Waals surface area contributed by atoms with Crippen LogP contribution in [0.1, 0.15) is 26.2 Å². The second-order valence-corrected chi connectivity index (χ2v) is 5.51. The molecule has 2 aliphatic rings. The van der Waals surface area contributed by atoms with Crippen LogP contribution in [0.25, 0.3) is 0 Å². The van der Waals surface area contributed by atoms with Gasteiger partial charge in [-0.25, -0.2) is 0 Å². The number of likely N-dealkylation sites (N-methyl/N-ethyl adjacent to an activating group) is 1. The van der Waals surface area contributed by atoms with E-state index in [0.717, 1.165) is 38.9 Å². The molecule has 4 nitrogen and oxygen atoms in total. The average Bonchev–Trinajstić information content (AvgIpc) is 2.41. The van der Waals surface area contributed by atoms with E-state index in [1.54, 1.807) is 0 Å². The summed E-state index contributed by atoms with van der Waals surface area (Å²) < 4.78 is 5.38. The van der Waals surface area contributed by atoms with E-state index in [1.807, 2.05) is 0 Å². The molecule has 2 saturated heterocycles. The van der Waals surface area contributed by atoms with E-state index in [-0.39, 0.29) is 0 Å². The molecule has 0 aromatic heterocycles. The van der Waals surface area contributed by atoms with Gasteiger partial charge < -0.3 is 15.0 Å². The van der Waals surface area contributed by atoms with Crippen molar-refractivity contribution in [3.8, 4) is 0 Å². The molecule has 0 saturated carbocycles. The zero-order valence-corrected chi connectivity index (χ0v) is 11.9. The van der Waals surface area contributed by atoms with E-state index in [2.05, 4.69) is 22.0 Å². The van der Waals surface area contributed by atoms with Gasteiger partial charge in [-0.2, -0.15) is 0 Å². The smallest absolute Gasteiger partial charge is 0.0594 e. The molecule has 2 rings (SSSR count). The number of morpholine rings is 1. The average molecular weight is 255 g/mol. The fraction of sp³-hybridized carbons (Fsp3) is 1.00. The van der Waals surface area contributed by atoms with E-state index in [4.69, 9.17) is 4.74 Å². The first-order valence-electron chi connectivity index (χ1n) is 7.64. The third-order valence-electron chi connectivity index (χ3n) is 4.05. The molecule has 1 atom stereocenters. The molecule has 1 unspecified atom stereocenters. The number of likely N-dealkylation sites (tertiary alicyclic amines) is 1. The lowest BCUT2D eigenvalue weighted by Gasteiger charge is -2.34. The Hall–Kier alpha value is -0.160. The predicted molar refractivity (Wildman–Crippen MR) is 75.0 cm³/mol. The topological polar surface area (TPSA) is 27.7 Å². The van der Waals surface area contributed by atoms with Crippen LogP contribution in [-0.4, -0.2) is 74.9 Å². The Morgan fingerprint density at radius 1 is 1.11 bits per heavy atom. The maximum absolute atomic E-state index is 5.38. The Bertz CT molecular complexity index is 217. The third kappa shape index (κ3) is 4.84. The third-order valence-corrected chi connectivity index (χ3v) is 4.05. The van der Waals surface area contributed by atoms with Gasteiger partial charge in [0.2, 0.25) is 0 Å². The Labute approximate surface area is 112 Å². The quantitative estimate of drug-likeness (QED) is 0.759. The van der Waals surface area contributed by atoms with Crippen LogP contribution in [-0.2, 0) is 4.74 Å². The summed E-state index contributed by atoms with van der Waals surface area (Å²) in [6, 6.07) is 0.729. The highest BCUT2D eigenvalue weighted by molar-refractivity contribution is 4.77. The SMILES string of the molecule is CCNC1CCCN(CCCN2CCOCC2)C1. The molecule has 0 aliphatic carbocycles. The van der Waals surface area contributed by atoms with Crippen molar-refractivity contribution < 1.29 is 4.74 Å². The molecule has 0 aromatic rings. The first-order chi connectivity index (χ1) is 8.88. The largest absolute Gasteiger partial charge is 0.379 e. The van der Waals surface area contributed by atoms with Gasteiger partial charge in [-0.3, -0.25) is 4.90 Å². The van der Waals surface area contributed by atoms with Gasteiger partial charge in [-0.05, 0) is 45.4 Å². The minimum atomic E-state index is 0.729. The van der Waals surface area contributed by atoms with Crippen LogP contribution in [0.5, 0.6) is 0 Å². The summed E-state index contributed by atoms with van der Waals surface area (Å²) in [7, 11) is 0. The van der Waals surface area contributed by atoms with Gasteiger partial charge in [-0.15, -0.1) is 0 Å². The highest BCUT2D eigenvalue weighted by Crippen LogP contribution is 2.10. The Morgan fingerprint density at radius 2 is 1.89 bits per heavy atom. The Morgan fingerprint density at radius 3 is 2.67 bits per heavy atom. The van der Waals surface area contributed by atoms with E-state index in [0.29, 0.717) is 0 Å². The molecule has 0 amide bonds. The van der Waals surface area contributed by atoms with Crippen molar-refractivity contribution in [2.75, 3.05) is 59.0 Å². The number of hydrogen-bond acceptors (Lipinski definition) is 4. The molecule has 0 aromatic carbocycles. The first-order valence-corrected chi connectivity index (χ1v) is 7.64. The molecule has 0 bridgehead atoms. The minimum absolute atomic E-state index is 0.729. The highest BCUT2D eigenvalue weighted by Gasteiger charge is 2.18. The van der Waals surface area contributed by atoms with Crippen molar-refractivity contribution in [3.05, 3.63) is 0 Å². The summed E-state index contributed by atoms with van der Waals surface area (Å²) in [4.78, 5) is 5.17. The Balaban J connectivity index is 1.57. The van der Waals surface area contributed by atoms with Crippen molar-refractivity contribution in [1.82, 2.24) is 15.1 Å². The fourth-order valence-electron chi connectivity index (χ4n) is 3.06. The summed E-state index contributed by atoms with van der Waals surface area (Å²) in [5.74, 6) is 0. The number of rotatable bonds is 6. The molecule has 4 heteroatoms. The monoisotopic (exact) mass is 255 g/mol. The van der Waals surface area contributed by atoms with Crippen molar-refractivity contribution in [2.24, 2.45) is 0 Å². The number of hydrogen-bond donors (Lipinski definition) is 1. The van der Waals surface area contributed by atoms with Gasteiger partial charge in [0.25, 0.3) is 0 Å². The second-order valence-electron chi connectivity index (χ2n) is 5.51. The van der Waals surface area contributed by atoms with Gasteiger partial charge >= 0.3 is 0 Å². The highest BCUT2D eigenvalue weighted by atomic mass is 16.5. The number of nitrogens with zero attached hydrogens (tertiary/aromatic N) is 2. The lowest BCUT2D eigenvalue weighted by molar-refractivity contribution is 0.0356. The van der Waals surface area contributed by atoms with E-state index >= 15 is 0 Å². The fourth-order valence-corrected chi connectivity index (χ4v) is 3.06. The number of nitrogens with one attached hydrogen (secondary N) is 1. The predicted octanol–water partition coefficient (Wildman–Crippen LogP) is 0.783. The van der Waals surface area contributed by atoms with Crippen LogP contribution in [0.3, 0.4) is 0 Å². The van der Waals surface area contributed by atoms with Crippen molar-refractivity contribution in [1.29, 1.82) is 0 Å². The van der Waals surface area contributed by atoms with Crippen LogP contribution in [0.15, 0.2) is 0 Å². The summed E-state index contributed by atoms with van der Waals surface area (Å²) in [6.45, 7) is 12.5. The normalized spacial score (nSPS) is 27.5. The molecular formula is C14H29N3O. The second kappa shape index (κ2) is 8.10.